The summed E-state index contributed by atoms with van der Waals surface area (Å²) in [4.78, 5) is 0. The first-order valence-corrected chi connectivity index (χ1v) is 17.2. The highest BCUT2D eigenvalue weighted by Gasteiger charge is 2.37. The van der Waals surface area contributed by atoms with Crippen molar-refractivity contribution in [3.8, 4) is 0 Å². The van der Waals surface area contributed by atoms with E-state index in [1.165, 1.54) is 22.3 Å². The molecule has 0 N–H and O–H groups in total. The maximum Gasteiger partial charge on any atom is -0.0126 e. The summed E-state index contributed by atoms with van der Waals surface area (Å²) in [6, 6.07) is 7.51. The molecule has 0 bridgehead atoms. The molecule has 0 atom stereocenters. The van der Waals surface area contributed by atoms with Gasteiger partial charge in [0.2, 0.25) is 0 Å². The van der Waals surface area contributed by atoms with Gasteiger partial charge in [-0.05, 0) is 107 Å². The molecule has 0 amide bonds. The van der Waals surface area contributed by atoms with E-state index in [0.29, 0.717) is 0 Å². The summed E-state index contributed by atoms with van der Waals surface area (Å²) in [6.45, 7) is 50.7. The Morgan fingerprint density at radius 2 is 0.605 bits per heavy atom. The molecule has 244 valence electrons. The third-order valence-electron chi connectivity index (χ3n) is 9.08. The quantitative estimate of drug-likeness (QED) is 0.333. The monoisotopic (exact) mass is 589 g/mol. The van der Waals surface area contributed by atoms with Gasteiger partial charge in [0.05, 0.1) is 0 Å². The molecule has 0 saturated carbocycles. The molecule has 2 rings (SSSR count). The van der Waals surface area contributed by atoms with E-state index in [1.54, 1.807) is 27.8 Å². The summed E-state index contributed by atoms with van der Waals surface area (Å²) < 4.78 is 0. The Morgan fingerprint density at radius 3 is 0.907 bits per heavy atom. The van der Waals surface area contributed by atoms with Crippen LogP contribution in [0.15, 0.2) is 18.2 Å². The van der Waals surface area contributed by atoms with Gasteiger partial charge in [-0.2, -0.15) is 0 Å². The molecule has 0 fully saturated rings. The minimum absolute atomic E-state index is 0.0631. The van der Waals surface area contributed by atoms with Crippen LogP contribution in [-0.4, -0.2) is 0 Å². The molecule has 2 aromatic carbocycles. The van der Waals surface area contributed by atoms with Crippen molar-refractivity contribution in [1.82, 2.24) is 0 Å². The lowest BCUT2D eigenvalue weighted by Crippen LogP contribution is -2.31. The standard InChI is InChI=1S/C43H72/c1-37(2,3)30-25-26-31(38(4,5)6)34(41(13,14)15)28(30)23-22-24-29-35(42(16,17)18)32(39(7,8)9)27-33(40(10,11)12)36(29)43(19,20)21/h25-27H,22-24H2,1-21H3. The Balaban J connectivity index is 2.97. The second-order valence-corrected chi connectivity index (χ2v) is 20.8. The van der Waals surface area contributed by atoms with Crippen molar-refractivity contribution in [3.63, 3.8) is 0 Å². The fourth-order valence-electron chi connectivity index (χ4n) is 7.42. The lowest BCUT2D eigenvalue weighted by atomic mass is 9.64. The van der Waals surface area contributed by atoms with E-state index in [2.05, 4.69) is 164 Å². The van der Waals surface area contributed by atoms with Crippen molar-refractivity contribution in [2.45, 2.75) is 203 Å². The van der Waals surface area contributed by atoms with Gasteiger partial charge in [-0.15, -0.1) is 0 Å². The highest BCUT2D eigenvalue weighted by molar-refractivity contribution is 5.56. The smallest absolute Gasteiger partial charge is 0.0126 e. The zero-order valence-electron chi connectivity index (χ0n) is 32.9. The van der Waals surface area contributed by atoms with Gasteiger partial charge in [-0.1, -0.05) is 164 Å². The molecule has 43 heavy (non-hydrogen) atoms. The van der Waals surface area contributed by atoms with Crippen LogP contribution < -0.4 is 0 Å². The number of rotatable bonds is 4. The molecule has 0 unspecified atom stereocenters. The van der Waals surface area contributed by atoms with Crippen molar-refractivity contribution in [3.05, 3.63) is 68.3 Å². The van der Waals surface area contributed by atoms with Gasteiger partial charge in [-0.3, -0.25) is 0 Å². The van der Waals surface area contributed by atoms with E-state index < -0.39 is 0 Å². The van der Waals surface area contributed by atoms with Gasteiger partial charge in [0.25, 0.3) is 0 Å². The number of hydrogen-bond acceptors (Lipinski definition) is 0. The van der Waals surface area contributed by atoms with Crippen LogP contribution in [-0.2, 0) is 50.7 Å². The summed E-state index contributed by atoms with van der Waals surface area (Å²) in [5, 5.41) is 0. The zero-order valence-corrected chi connectivity index (χ0v) is 32.9. The van der Waals surface area contributed by atoms with Crippen LogP contribution in [0.3, 0.4) is 0 Å². The molecule has 0 aliphatic rings. The van der Waals surface area contributed by atoms with E-state index in [4.69, 9.17) is 0 Å². The van der Waals surface area contributed by atoms with Crippen LogP contribution >= 0.6 is 0 Å². The first kappa shape index (κ1) is 37.6. The molecular formula is C43H72. The average Bonchev–Trinajstić information content (AvgIpc) is 2.72. The van der Waals surface area contributed by atoms with Gasteiger partial charge < -0.3 is 0 Å². The third-order valence-corrected chi connectivity index (χ3v) is 9.08. The zero-order chi connectivity index (χ0) is 33.9. The van der Waals surface area contributed by atoms with Crippen LogP contribution in [0.2, 0.25) is 0 Å². The van der Waals surface area contributed by atoms with Crippen molar-refractivity contribution in [2.75, 3.05) is 0 Å². The summed E-state index contributed by atoms with van der Waals surface area (Å²) >= 11 is 0. The largest absolute Gasteiger partial charge is 0.0579 e. The van der Waals surface area contributed by atoms with Gasteiger partial charge in [0.1, 0.15) is 0 Å². The van der Waals surface area contributed by atoms with Crippen LogP contribution in [0.4, 0.5) is 0 Å². The molecule has 0 heterocycles. The van der Waals surface area contributed by atoms with Crippen molar-refractivity contribution in [2.24, 2.45) is 0 Å². The predicted octanol–water partition coefficient (Wildman–Crippen LogP) is 12.9. The van der Waals surface area contributed by atoms with Gasteiger partial charge in [0.15, 0.2) is 0 Å². The molecule has 0 heteroatoms. The molecule has 0 aliphatic heterocycles. The fraction of sp³-hybridized carbons (Fsp3) is 0.721. The van der Waals surface area contributed by atoms with E-state index in [9.17, 15) is 0 Å². The van der Waals surface area contributed by atoms with Crippen LogP contribution in [0.1, 0.15) is 202 Å². The Hall–Kier alpha value is -1.56. The Labute approximate surface area is 270 Å². The Morgan fingerprint density at radius 1 is 0.326 bits per heavy atom. The minimum Gasteiger partial charge on any atom is -0.0579 e. The maximum absolute atomic E-state index is 2.60. The lowest BCUT2D eigenvalue weighted by Gasteiger charge is -2.41. The normalized spacial score (nSPS) is 14.4. The van der Waals surface area contributed by atoms with Crippen molar-refractivity contribution >= 4 is 0 Å². The van der Waals surface area contributed by atoms with E-state index >= 15 is 0 Å². The van der Waals surface area contributed by atoms with Crippen LogP contribution in [0.5, 0.6) is 0 Å². The minimum atomic E-state index is 0.0631. The predicted molar refractivity (Wildman–Crippen MR) is 196 cm³/mol. The van der Waals surface area contributed by atoms with E-state index in [1.807, 2.05) is 0 Å². The number of benzene rings is 2. The molecule has 2 aromatic rings. The molecular weight excluding hydrogens is 516 g/mol. The van der Waals surface area contributed by atoms with Crippen LogP contribution in [0.25, 0.3) is 0 Å². The van der Waals surface area contributed by atoms with Gasteiger partial charge >= 0.3 is 0 Å². The van der Waals surface area contributed by atoms with Gasteiger partial charge in [-0.25, -0.2) is 0 Å². The van der Waals surface area contributed by atoms with Gasteiger partial charge in [0, 0.05) is 0 Å². The Kier molecular flexibility index (Phi) is 10.2. The summed E-state index contributed by atoms with van der Waals surface area (Å²) in [5.74, 6) is 0. The molecule has 0 radical (unpaired) electrons. The maximum atomic E-state index is 2.60. The van der Waals surface area contributed by atoms with Crippen LogP contribution in [0, 0.1) is 0 Å². The van der Waals surface area contributed by atoms with E-state index in [-0.39, 0.29) is 37.9 Å². The second-order valence-electron chi connectivity index (χ2n) is 20.8. The molecule has 0 nitrogen and oxygen atoms in total. The molecule has 0 aliphatic carbocycles. The number of hydrogen-bond donors (Lipinski definition) is 0. The highest BCUT2D eigenvalue weighted by atomic mass is 14.4. The summed E-state index contributed by atoms with van der Waals surface area (Å²) in [7, 11) is 0. The second kappa shape index (κ2) is 11.7. The molecule has 0 spiro atoms. The topological polar surface area (TPSA) is 0 Å². The molecule has 0 saturated heterocycles. The average molecular weight is 589 g/mol. The van der Waals surface area contributed by atoms with E-state index in [0.717, 1.165) is 19.3 Å². The highest BCUT2D eigenvalue weighted by Crippen LogP contribution is 2.47. The fourth-order valence-corrected chi connectivity index (χ4v) is 7.42. The lowest BCUT2D eigenvalue weighted by molar-refractivity contribution is 0.488. The first-order chi connectivity index (χ1) is 18.8. The van der Waals surface area contributed by atoms with Crippen molar-refractivity contribution in [1.29, 1.82) is 0 Å². The Bertz CT molecular complexity index is 1230. The first-order valence-electron chi connectivity index (χ1n) is 17.2. The SMILES string of the molecule is CC(C)(C)c1ccc(C(C)(C)C)c(C(C)(C)C)c1CCCc1c(C(C)(C)C)c(C(C)(C)C)cc(C(C)(C)C)c1C(C)(C)C. The van der Waals surface area contributed by atoms with Crippen molar-refractivity contribution < 1.29 is 0 Å². The summed E-state index contributed by atoms with van der Waals surface area (Å²) in [6.07, 6.45) is 3.38. The summed E-state index contributed by atoms with van der Waals surface area (Å²) in [5.41, 5.74) is 14.7. The molecule has 0 aromatic heterocycles. The third kappa shape index (κ3) is 8.58.